The summed E-state index contributed by atoms with van der Waals surface area (Å²) in [6.07, 6.45) is 0. The van der Waals surface area contributed by atoms with Crippen molar-refractivity contribution in [1.82, 2.24) is 5.32 Å². The van der Waals surface area contributed by atoms with Gasteiger partial charge in [-0.25, -0.2) is 0 Å². The summed E-state index contributed by atoms with van der Waals surface area (Å²) in [6, 6.07) is 5.55. The van der Waals surface area contributed by atoms with Crippen LogP contribution in [0.5, 0.6) is 0 Å². The predicted molar refractivity (Wildman–Crippen MR) is 69.1 cm³/mol. The van der Waals surface area contributed by atoms with Crippen molar-refractivity contribution in [3.63, 3.8) is 0 Å². The maximum atomic E-state index is 10.8. The first-order valence-corrected chi connectivity index (χ1v) is 5.90. The Morgan fingerprint density at radius 2 is 2.00 bits per heavy atom. The molecule has 0 saturated heterocycles. The Balaban J connectivity index is 2.84. The van der Waals surface area contributed by atoms with Gasteiger partial charge in [0.2, 0.25) is 0 Å². The summed E-state index contributed by atoms with van der Waals surface area (Å²) in [7, 11) is 0. The van der Waals surface area contributed by atoms with E-state index in [1.807, 2.05) is 13.0 Å². The lowest BCUT2D eigenvalue weighted by atomic mass is 10.0. The molecule has 17 heavy (non-hydrogen) atoms. The van der Waals surface area contributed by atoms with E-state index in [0.717, 1.165) is 12.1 Å². The normalized spacial score (nSPS) is 12.8. The van der Waals surface area contributed by atoms with Crippen LogP contribution in [-0.2, 0) is 0 Å². The summed E-state index contributed by atoms with van der Waals surface area (Å²) in [6.45, 7) is 8.96. The Bertz CT molecular complexity index is 402. The van der Waals surface area contributed by atoms with E-state index >= 15 is 0 Å². The van der Waals surface area contributed by atoms with Gasteiger partial charge in [-0.05, 0) is 31.9 Å². The third-order valence-corrected chi connectivity index (χ3v) is 2.76. The van der Waals surface area contributed by atoms with Crippen molar-refractivity contribution in [1.29, 1.82) is 0 Å². The van der Waals surface area contributed by atoms with Crippen LogP contribution in [0.15, 0.2) is 18.2 Å². The standard InChI is InChI=1S/C13H20N2O2/c1-9(2)8-14-11(4)12-6-5-10(3)13(7-12)15(16)17/h5-7,9,11,14H,8H2,1-4H3. The maximum absolute atomic E-state index is 10.8. The van der Waals surface area contributed by atoms with Crippen molar-refractivity contribution < 1.29 is 4.92 Å². The summed E-state index contributed by atoms with van der Waals surface area (Å²) in [4.78, 5) is 10.5. The molecule has 1 unspecified atom stereocenters. The summed E-state index contributed by atoms with van der Waals surface area (Å²) in [5.74, 6) is 0.567. The van der Waals surface area contributed by atoms with Gasteiger partial charge in [-0.15, -0.1) is 0 Å². The average molecular weight is 236 g/mol. The first-order valence-electron chi connectivity index (χ1n) is 5.90. The fourth-order valence-electron chi connectivity index (χ4n) is 1.62. The SMILES string of the molecule is Cc1ccc(C(C)NCC(C)C)cc1[N+](=O)[O-]. The minimum Gasteiger partial charge on any atom is -0.310 e. The lowest BCUT2D eigenvalue weighted by Gasteiger charge is -2.16. The molecule has 0 aliphatic carbocycles. The molecule has 94 valence electrons. The van der Waals surface area contributed by atoms with Crippen LogP contribution < -0.4 is 5.32 Å². The summed E-state index contributed by atoms with van der Waals surface area (Å²) in [5, 5.41) is 14.2. The minimum atomic E-state index is -0.325. The van der Waals surface area contributed by atoms with E-state index in [9.17, 15) is 10.1 Å². The van der Waals surface area contributed by atoms with Crippen molar-refractivity contribution >= 4 is 5.69 Å². The number of rotatable bonds is 5. The van der Waals surface area contributed by atoms with Gasteiger partial charge in [-0.2, -0.15) is 0 Å². The molecule has 0 bridgehead atoms. The number of benzene rings is 1. The van der Waals surface area contributed by atoms with Gasteiger partial charge >= 0.3 is 0 Å². The molecular weight excluding hydrogens is 216 g/mol. The fourth-order valence-corrected chi connectivity index (χ4v) is 1.62. The van der Waals surface area contributed by atoms with Crippen LogP contribution in [-0.4, -0.2) is 11.5 Å². The van der Waals surface area contributed by atoms with Gasteiger partial charge in [0.25, 0.3) is 5.69 Å². The lowest BCUT2D eigenvalue weighted by molar-refractivity contribution is -0.385. The van der Waals surface area contributed by atoms with Gasteiger partial charge in [0.15, 0.2) is 0 Å². The van der Waals surface area contributed by atoms with Gasteiger partial charge in [0.1, 0.15) is 0 Å². The molecule has 0 amide bonds. The van der Waals surface area contributed by atoms with Crippen molar-refractivity contribution in [3.05, 3.63) is 39.4 Å². The van der Waals surface area contributed by atoms with Crippen molar-refractivity contribution in [2.75, 3.05) is 6.54 Å². The smallest absolute Gasteiger partial charge is 0.272 e. The Labute approximate surface area is 102 Å². The van der Waals surface area contributed by atoms with Gasteiger partial charge in [0, 0.05) is 17.7 Å². The number of nitrogens with zero attached hydrogens (tertiary/aromatic N) is 1. The number of nitro groups is 1. The highest BCUT2D eigenvalue weighted by Crippen LogP contribution is 2.23. The van der Waals surface area contributed by atoms with E-state index in [-0.39, 0.29) is 16.7 Å². The number of nitrogens with one attached hydrogen (secondary N) is 1. The van der Waals surface area contributed by atoms with E-state index < -0.39 is 0 Å². The van der Waals surface area contributed by atoms with Crippen LogP contribution >= 0.6 is 0 Å². The van der Waals surface area contributed by atoms with E-state index in [1.54, 1.807) is 19.1 Å². The predicted octanol–water partition coefficient (Wildman–Crippen LogP) is 3.21. The molecule has 1 N–H and O–H groups in total. The highest BCUT2D eigenvalue weighted by atomic mass is 16.6. The van der Waals surface area contributed by atoms with Crippen LogP contribution in [0.3, 0.4) is 0 Å². The second kappa shape index (κ2) is 5.77. The van der Waals surface area contributed by atoms with Crippen LogP contribution in [0.25, 0.3) is 0 Å². The molecule has 0 aromatic heterocycles. The van der Waals surface area contributed by atoms with Gasteiger partial charge in [0.05, 0.1) is 4.92 Å². The third kappa shape index (κ3) is 3.82. The molecule has 0 aliphatic rings. The largest absolute Gasteiger partial charge is 0.310 e. The maximum Gasteiger partial charge on any atom is 0.272 e. The average Bonchev–Trinajstić information content (AvgIpc) is 2.26. The van der Waals surface area contributed by atoms with Crippen LogP contribution in [0.2, 0.25) is 0 Å². The van der Waals surface area contributed by atoms with Crippen LogP contribution in [0.1, 0.15) is 37.9 Å². The second-order valence-corrected chi connectivity index (χ2v) is 4.83. The molecule has 1 rings (SSSR count). The van der Waals surface area contributed by atoms with E-state index in [2.05, 4.69) is 19.2 Å². The Morgan fingerprint density at radius 1 is 1.35 bits per heavy atom. The zero-order chi connectivity index (χ0) is 13.0. The highest BCUT2D eigenvalue weighted by molar-refractivity contribution is 5.43. The number of hydrogen-bond acceptors (Lipinski definition) is 3. The van der Waals surface area contributed by atoms with Crippen molar-refractivity contribution in [2.45, 2.75) is 33.7 Å². The van der Waals surface area contributed by atoms with E-state index in [0.29, 0.717) is 11.5 Å². The first-order chi connectivity index (χ1) is 7.91. The Hall–Kier alpha value is -1.42. The summed E-state index contributed by atoms with van der Waals surface area (Å²) < 4.78 is 0. The molecule has 4 nitrogen and oxygen atoms in total. The molecule has 0 radical (unpaired) electrons. The van der Waals surface area contributed by atoms with E-state index in [4.69, 9.17) is 0 Å². The van der Waals surface area contributed by atoms with Gasteiger partial charge < -0.3 is 5.32 Å². The third-order valence-electron chi connectivity index (χ3n) is 2.76. The fraction of sp³-hybridized carbons (Fsp3) is 0.538. The second-order valence-electron chi connectivity index (χ2n) is 4.83. The molecule has 4 heteroatoms. The number of aryl methyl sites for hydroxylation is 1. The monoisotopic (exact) mass is 236 g/mol. The molecule has 0 aliphatic heterocycles. The molecule has 0 saturated carbocycles. The quantitative estimate of drug-likeness (QED) is 0.631. The Kier molecular flexibility index (Phi) is 4.63. The number of hydrogen-bond donors (Lipinski definition) is 1. The molecule has 0 heterocycles. The zero-order valence-electron chi connectivity index (χ0n) is 10.9. The highest BCUT2D eigenvalue weighted by Gasteiger charge is 2.14. The number of nitro benzene ring substituents is 1. The topological polar surface area (TPSA) is 55.2 Å². The molecule has 1 aromatic carbocycles. The molecule has 1 aromatic rings. The van der Waals surface area contributed by atoms with Gasteiger partial charge in [-0.3, -0.25) is 10.1 Å². The van der Waals surface area contributed by atoms with E-state index in [1.165, 1.54) is 0 Å². The molecule has 1 atom stereocenters. The van der Waals surface area contributed by atoms with Crippen molar-refractivity contribution in [2.24, 2.45) is 5.92 Å². The molecular formula is C13H20N2O2. The van der Waals surface area contributed by atoms with Crippen LogP contribution in [0.4, 0.5) is 5.69 Å². The Morgan fingerprint density at radius 3 is 2.53 bits per heavy atom. The minimum absolute atomic E-state index is 0.136. The summed E-state index contributed by atoms with van der Waals surface area (Å²) >= 11 is 0. The van der Waals surface area contributed by atoms with Crippen molar-refractivity contribution in [3.8, 4) is 0 Å². The lowest BCUT2D eigenvalue weighted by Crippen LogP contribution is -2.23. The summed E-state index contributed by atoms with van der Waals surface area (Å²) in [5.41, 5.74) is 1.86. The van der Waals surface area contributed by atoms with Gasteiger partial charge in [-0.1, -0.05) is 26.0 Å². The first kappa shape index (κ1) is 13.6. The molecule has 0 fully saturated rings. The van der Waals surface area contributed by atoms with Crippen LogP contribution in [0, 0.1) is 23.0 Å². The zero-order valence-corrected chi connectivity index (χ0v) is 10.9. The molecule has 0 spiro atoms.